The van der Waals surface area contributed by atoms with Gasteiger partial charge in [-0.1, -0.05) is 32.1 Å². The summed E-state index contributed by atoms with van der Waals surface area (Å²) in [4.78, 5) is 3.53. The minimum atomic E-state index is -4.28. The van der Waals surface area contributed by atoms with Crippen LogP contribution in [0.25, 0.3) is 5.57 Å². The van der Waals surface area contributed by atoms with Crippen LogP contribution in [0.15, 0.2) is 55.3 Å². The van der Waals surface area contributed by atoms with Crippen molar-refractivity contribution in [2.24, 2.45) is 0 Å². The maximum Gasteiger partial charge on any atom is 0.418 e. The molecule has 2 rings (SSSR count). The Hall–Kier alpha value is -2.76. The van der Waals surface area contributed by atoms with E-state index in [1.54, 1.807) is 13.2 Å². The lowest BCUT2D eigenvalue weighted by Crippen LogP contribution is -2.07. The van der Waals surface area contributed by atoms with Crippen molar-refractivity contribution >= 4 is 5.57 Å². The number of methoxy groups -OCH3 is 1. The lowest BCUT2D eigenvalue weighted by atomic mass is 10.1. The van der Waals surface area contributed by atoms with Crippen molar-refractivity contribution in [3.63, 3.8) is 0 Å². The number of rotatable bonds is 5. The highest BCUT2D eigenvalue weighted by molar-refractivity contribution is 5.76. The number of halogens is 3. The van der Waals surface area contributed by atoms with Crippen molar-refractivity contribution < 1.29 is 23.0 Å². The molecule has 0 saturated carbocycles. The molecule has 0 amide bonds. The summed E-state index contributed by atoms with van der Waals surface area (Å²) in [6.07, 6.45) is 3.19. The highest BCUT2D eigenvalue weighted by Crippen LogP contribution is 2.30. The van der Waals surface area contributed by atoms with Gasteiger partial charge < -0.3 is 9.84 Å². The maximum atomic E-state index is 12.0. The Bertz CT molecular complexity index is 783. The number of alkyl halides is 3. The number of pyridine rings is 1. The van der Waals surface area contributed by atoms with Crippen LogP contribution in [0.4, 0.5) is 13.2 Å². The summed E-state index contributed by atoms with van der Waals surface area (Å²) in [6, 6.07) is 7.51. The van der Waals surface area contributed by atoms with Crippen LogP contribution in [0.2, 0.25) is 0 Å². The van der Waals surface area contributed by atoms with Gasteiger partial charge in [-0.15, -0.1) is 0 Å². The summed E-state index contributed by atoms with van der Waals surface area (Å²) in [5.74, 6) is 0.845. The number of phenolic OH excluding ortho intramolecular Hbond substituents is 1. The van der Waals surface area contributed by atoms with Crippen LogP contribution in [-0.4, -0.2) is 17.2 Å². The first-order valence-electron chi connectivity index (χ1n) is 8.42. The fourth-order valence-electron chi connectivity index (χ4n) is 2.18. The zero-order valence-corrected chi connectivity index (χ0v) is 15.7. The van der Waals surface area contributed by atoms with Gasteiger partial charge in [0.15, 0.2) is 0 Å². The summed E-state index contributed by atoms with van der Waals surface area (Å²) in [6.45, 7) is 7.38. The van der Waals surface area contributed by atoms with Gasteiger partial charge in [0, 0.05) is 23.5 Å². The number of aryl methyl sites for hydroxylation is 1. The second-order valence-electron chi connectivity index (χ2n) is 5.73. The topological polar surface area (TPSA) is 42.4 Å². The highest BCUT2D eigenvalue weighted by Gasteiger charge is 2.32. The first-order chi connectivity index (χ1) is 12.7. The van der Waals surface area contributed by atoms with E-state index < -0.39 is 11.7 Å². The lowest BCUT2D eigenvalue weighted by Gasteiger charge is -2.07. The standard InChI is InChI=1S/C14H18O2.C7H6F3N/c1-4-5-6-7-11(2)13-9-8-12(16-3)10-14(13)15;1-5-6(7(8,9)10)3-2-4-11-5/h6-10,15H,2,4-5H2,1,3H3;2-4H,1H3/b7-6-;. The Morgan fingerprint density at radius 3 is 2.48 bits per heavy atom. The molecule has 0 radical (unpaired) electrons. The van der Waals surface area contributed by atoms with Crippen molar-refractivity contribution in [1.29, 1.82) is 0 Å². The van der Waals surface area contributed by atoms with E-state index >= 15 is 0 Å². The van der Waals surface area contributed by atoms with E-state index in [0.717, 1.165) is 30.0 Å². The number of benzene rings is 1. The summed E-state index contributed by atoms with van der Waals surface area (Å²) in [5.41, 5.74) is 0.904. The summed E-state index contributed by atoms with van der Waals surface area (Å²) in [5, 5.41) is 9.77. The largest absolute Gasteiger partial charge is 0.507 e. The smallest absolute Gasteiger partial charge is 0.418 e. The predicted octanol–water partition coefficient (Wildman–Crippen LogP) is 6.18. The fraction of sp³-hybridized carbons (Fsp3) is 0.286. The van der Waals surface area contributed by atoms with Gasteiger partial charge in [0.2, 0.25) is 0 Å². The van der Waals surface area contributed by atoms with Gasteiger partial charge in [0.05, 0.1) is 12.7 Å². The highest BCUT2D eigenvalue weighted by atomic mass is 19.4. The summed E-state index contributed by atoms with van der Waals surface area (Å²) >= 11 is 0. The molecule has 0 bridgehead atoms. The Kier molecular flexibility index (Phi) is 8.59. The molecule has 0 unspecified atom stereocenters. The van der Waals surface area contributed by atoms with Crippen LogP contribution in [0.5, 0.6) is 11.5 Å². The first-order valence-corrected chi connectivity index (χ1v) is 8.42. The molecule has 0 atom stereocenters. The number of ether oxygens (including phenoxy) is 1. The molecule has 2 aromatic rings. The zero-order chi connectivity index (χ0) is 20.4. The lowest BCUT2D eigenvalue weighted by molar-refractivity contribution is -0.138. The summed E-state index contributed by atoms with van der Waals surface area (Å²) < 4.78 is 41.0. The predicted molar refractivity (Wildman–Crippen MR) is 102 cm³/mol. The molecule has 3 nitrogen and oxygen atoms in total. The van der Waals surface area contributed by atoms with E-state index in [0.29, 0.717) is 5.75 Å². The molecule has 1 heterocycles. The molecule has 0 spiro atoms. The molecule has 1 N–H and O–H groups in total. The van der Waals surface area contributed by atoms with Gasteiger partial charge in [0.1, 0.15) is 11.5 Å². The molecule has 0 saturated heterocycles. The van der Waals surface area contributed by atoms with E-state index in [2.05, 4.69) is 24.6 Å². The molecule has 1 aromatic carbocycles. The Morgan fingerprint density at radius 1 is 1.30 bits per heavy atom. The Balaban J connectivity index is 0.000000289. The Morgan fingerprint density at radius 2 is 2.00 bits per heavy atom. The fourth-order valence-corrected chi connectivity index (χ4v) is 2.18. The molecule has 146 valence electrons. The quantitative estimate of drug-likeness (QED) is 0.631. The molecule has 1 aromatic heterocycles. The Labute approximate surface area is 157 Å². The van der Waals surface area contributed by atoms with Crippen LogP contribution in [0.3, 0.4) is 0 Å². The third-order valence-corrected chi connectivity index (χ3v) is 3.64. The molecule has 6 heteroatoms. The van der Waals surface area contributed by atoms with E-state index in [1.165, 1.54) is 19.2 Å². The molecule has 0 aliphatic rings. The van der Waals surface area contributed by atoms with E-state index in [4.69, 9.17) is 4.74 Å². The van der Waals surface area contributed by atoms with Gasteiger partial charge >= 0.3 is 6.18 Å². The number of phenols is 1. The van der Waals surface area contributed by atoms with E-state index in [9.17, 15) is 18.3 Å². The molecular formula is C21H24F3NO2. The molecule has 0 aliphatic heterocycles. The molecule has 27 heavy (non-hydrogen) atoms. The first kappa shape index (κ1) is 22.3. The third kappa shape index (κ3) is 7.17. The van der Waals surface area contributed by atoms with Gasteiger partial charge in [-0.3, -0.25) is 4.98 Å². The number of nitrogens with zero attached hydrogens (tertiary/aromatic N) is 1. The van der Waals surface area contributed by atoms with Gasteiger partial charge in [-0.2, -0.15) is 13.2 Å². The van der Waals surface area contributed by atoms with Crippen molar-refractivity contribution in [2.45, 2.75) is 32.9 Å². The van der Waals surface area contributed by atoms with Crippen molar-refractivity contribution in [3.8, 4) is 11.5 Å². The SMILES string of the molecule is C=C(/C=C\CCC)c1ccc(OC)cc1O.Cc1ncccc1C(F)(F)F. The van der Waals surface area contributed by atoms with Crippen LogP contribution in [-0.2, 0) is 6.18 Å². The van der Waals surface area contributed by atoms with Crippen LogP contribution in [0, 0.1) is 6.92 Å². The molecule has 0 fully saturated rings. The van der Waals surface area contributed by atoms with E-state index in [-0.39, 0.29) is 11.4 Å². The van der Waals surface area contributed by atoms with Crippen molar-refractivity contribution in [2.75, 3.05) is 7.11 Å². The minimum absolute atomic E-state index is 0.0139. The van der Waals surface area contributed by atoms with Crippen LogP contribution >= 0.6 is 0 Å². The minimum Gasteiger partial charge on any atom is -0.507 e. The van der Waals surface area contributed by atoms with Gasteiger partial charge in [-0.25, -0.2) is 0 Å². The van der Waals surface area contributed by atoms with Crippen molar-refractivity contribution in [1.82, 2.24) is 4.98 Å². The van der Waals surface area contributed by atoms with Crippen LogP contribution in [0.1, 0.15) is 36.6 Å². The maximum absolute atomic E-state index is 12.0. The van der Waals surface area contributed by atoms with E-state index in [1.807, 2.05) is 18.2 Å². The van der Waals surface area contributed by atoms with Crippen LogP contribution < -0.4 is 4.74 Å². The number of aromatic nitrogens is 1. The third-order valence-electron chi connectivity index (χ3n) is 3.64. The number of aromatic hydroxyl groups is 1. The monoisotopic (exact) mass is 379 g/mol. The normalized spacial score (nSPS) is 11.0. The average Bonchev–Trinajstić information content (AvgIpc) is 2.61. The number of hydrogen-bond donors (Lipinski definition) is 1. The zero-order valence-electron chi connectivity index (χ0n) is 15.7. The number of hydrogen-bond acceptors (Lipinski definition) is 3. The molecule has 0 aliphatic carbocycles. The van der Waals surface area contributed by atoms with Gasteiger partial charge in [0.25, 0.3) is 0 Å². The molecular weight excluding hydrogens is 355 g/mol. The number of unbranched alkanes of at least 4 members (excludes halogenated alkanes) is 1. The second-order valence-corrected chi connectivity index (χ2v) is 5.73. The van der Waals surface area contributed by atoms with Gasteiger partial charge in [-0.05, 0) is 43.2 Å². The summed E-state index contributed by atoms with van der Waals surface area (Å²) in [7, 11) is 1.57. The second kappa shape index (κ2) is 10.4. The van der Waals surface area contributed by atoms with Crippen molar-refractivity contribution in [3.05, 3.63) is 72.1 Å². The number of allylic oxidation sites excluding steroid dienone is 3. The average molecular weight is 379 g/mol.